The Morgan fingerprint density at radius 3 is 2.25 bits per heavy atom. The highest BCUT2D eigenvalue weighted by Gasteiger charge is 2.18. The fourth-order valence-electron chi connectivity index (χ4n) is 1.93. The van der Waals surface area contributed by atoms with Gasteiger partial charge in [-0.05, 0) is 22.4 Å². The summed E-state index contributed by atoms with van der Waals surface area (Å²) in [6.07, 6.45) is 1.92. The molecule has 0 aliphatic heterocycles. The van der Waals surface area contributed by atoms with Gasteiger partial charge in [0, 0.05) is 11.6 Å². The maximum absolute atomic E-state index is 5.28. The second kappa shape index (κ2) is 3.78. The number of methoxy groups -OCH3 is 1. The number of fused-ring (bicyclic) bond motifs is 1. The smallest absolute Gasteiger partial charge is 0.221 e. The maximum atomic E-state index is 5.28. The molecule has 2 aromatic rings. The lowest BCUT2D eigenvalue weighted by Gasteiger charge is -2.21. The highest BCUT2D eigenvalue weighted by molar-refractivity contribution is 5.90. The molecule has 0 spiro atoms. The van der Waals surface area contributed by atoms with Gasteiger partial charge in [0.15, 0.2) is 0 Å². The van der Waals surface area contributed by atoms with Crippen LogP contribution in [0.2, 0.25) is 0 Å². The predicted octanol–water partition coefficient (Wildman–Crippen LogP) is 3.54. The van der Waals surface area contributed by atoms with Gasteiger partial charge in [0.1, 0.15) is 0 Å². The molecule has 16 heavy (non-hydrogen) atoms. The predicted molar refractivity (Wildman–Crippen MR) is 67.0 cm³/mol. The number of pyridine rings is 1. The summed E-state index contributed by atoms with van der Waals surface area (Å²) in [7, 11) is 1.66. The SMILES string of the molecule is COc1ncc(C(C)(C)C)c2ccccc12. The largest absolute Gasteiger partial charge is 0.481 e. The topological polar surface area (TPSA) is 22.1 Å². The second-order valence-electron chi connectivity index (χ2n) is 4.98. The summed E-state index contributed by atoms with van der Waals surface area (Å²) in [6.45, 7) is 6.59. The molecule has 2 nitrogen and oxygen atoms in total. The van der Waals surface area contributed by atoms with Gasteiger partial charge in [-0.3, -0.25) is 0 Å². The molecule has 0 radical (unpaired) electrons. The first kappa shape index (κ1) is 10.9. The van der Waals surface area contributed by atoms with Crippen LogP contribution < -0.4 is 4.74 Å². The van der Waals surface area contributed by atoms with E-state index in [1.807, 2.05) is 12.3 Å². The molecule has 0 saturated carbocycles. The monoisotopic (exact) mass is 215 g/mol. The molecule has 2 heteroatoms. The van der Waals surface area contributed by atoms with Crippen molar-refractivity contribution in [3.63, 3.8) is 0 Å². The third kappa shape index (κ3) is 1.75. The molecule has 0 fully saturated rings. The van der Waals surface area contributed by atoms with E-state index in [4.69, 9.17) is 4.74 Å². The summed E-state index contributed by atoms with van der Waals surface area (Å²) in [5, 5.41) is 2.30. The average Bonchev–Trinajstić information content (AvgIpc) is 2.26. The lowest BCUT2D eigenvalue weighted by atomic mass is 9.85. The first-order valence-electron chi connectivity index (χ1n) is 5.46. The molecule has 0 unspecified atom stereocenters. The Kier molecular flexibility index (Phi) is 2.58. The quantitative estimate of drug-likeness (QED) is 0.726. The van der Waals surface area contributed by atoms with Crippen molar-refractivity contribution in [3.8, 4) is 5.88 Å². The van der Waals surface area contributed by atoms with Crippen LogP contribution in [0.25, 0.3) is 10.8 Å². The zero-order valence-corrected chi connectivity index (χ0v) is 10.2. The van der Waals surface area contributed by atoms with Crippen LogP contribution in [-0.2, 0) is 5.41 Å². The number of benzene rings is 1. The van der Waals surface area contributed by atoms with E-state index < -0.39 is 0 Å². The number of nitrogens with zero attached hydrogens (tertiary/aromatic N) is 1. The molecule has 0 atom stereocenters. The molecular formula is C14H17NO. The van der Waals surface area contributed by atoms with Crippen molar-refractivity contribution in [1.29, 1.82) is 0 Å². The Bertz CT molecular complexity index is 512. The van der Waals surface area contributed by atoms with E-state index in [2.05, 4.69) is 44.0 Å². The van der Waals surface area contributed by atoms with Crippen LogP contribution in [0.5, 0.6) is 5.88 Å². The standard InChI is InChI=1S/C14H17NO/c1-14(2,3)12-9-15-13(16-4)11-8-6-5-7-10(11)12/h5-9H,1-4H3. The molecule has 1 aromatic heterocycles. The number of ether oxygens (including phenoxy) is 1. The van der Waals surface area contributed by atoms with Crippen molar-refractivity contribution in [2.24, 2.45) is 0 Å². The Labute approximate surface area is 96.3 Å². The lowest BCUT2D eigenvalue weighted by Crippen LogP contribution is -2.12. The Morgan fingerprint density at radius 1 is 1.06 bits per heavy atom. The highest BCUT2D eigenvalue weighted by Crippen LogP contribution is 2.32. The van der Waals surface area contributed by atoms with Gasteiger partial charge < -0.3 is 4.74 Å². The van der Waals surface area contributed by atoms with Crippen LogP contribution in [0.1, 0.15) is 26.3 Å². The molecule has 0 aliphatic rings. The molecule has 1 heterocycles. The summed E-state index contributed by atoms with van der Waals surface area (Å²) >= 11 is 0. The van der Waals surface area contributed by atoms with Gasteiger partial charge in [0.25, 0.3) is 0 Å². The molecule has 84 valence electrons. The molecule has 0 saturated heterocycles. The van der Waals surface area contributed by atoms with E-state index in [1.165, 1.54) is 10.9 Å². The zero-order chi connectivity index (χ0) is 11.8. The van der Waals surface area contributed by atoms with E-state index >= 15 is 0 Å². The van der Waals surface area contributed by atoms with E-state index in [1.54, 1.807) is 7.11 Å². The third-order valence-corrected chi connectivity index (χ3v) is 2.76. The maximum Gasteiger partial charge on any atom is 0.221 e. The normalized spacial score (nSPS) is 11.8. The minimum Gasteiger partial charge on any atom is -0.481 e. The van der Waals surface area contributed by atoms with Gasteiger partial charge in [-0.1, -0.05) is 39.0 Å². The molecule has 0 N–H and O–H groups in total. The molecule has 0 aliphatic carbocycles. The Hall–Kier alpha value is -1.57. The zero-order valence-electron chi connectivity index (χ0n) is 10.2. The van der Waals surface area contributed by atoms with Crippen molar-refractivity contribution >= 4 is 10.8 Å². The van der Waals surface area contributed by atoms with Crippen molar-refractivity contribution < 1.29 is 4.74 Å². The van der Waals surface area contributed by atoms with Gasteiger partial charge in [0.05, 0.1) is 7.11 Å². The summed E-state index contributed by atoms with van der Waals surface area (Å²) in [5.41, 5.74) is 1.35. The molecule has 0 bridgehead atoms. The van der Waals surface area contributed by atoms with Crippen LogP contribution >= 0.6 is 0 Å². The third-order valence-electron chi connectivity index (χ3n) is 2.76. The summed E-state index contributed by atoms with van der Waals surface area (Å²) < 4.78 is 5.28. The Balaban J connectivity index is 2.80. The molecule has 2 rings (SSSR count). The van der Waals surface area contributed by atoms with Crippen LogP contribution in [-0.4, -0.2) is 12.1 Å². The number of hydrogen-bond donors (Lipinski definition) is 0. The van der Waals surface area contributed by atoms with E-state index in [0.29, 0.717) is 5.88 Å². The van der Waals surface area contributed by atoms with Crippen molar-refractivity contribution in [2.75, 3.05) is 7.11 Å². The van der Waals surface area contributed by atoms with Gasteiger partial charge in [-0.25, -0.2) is 4.98 Å². The van der Waals surface area contributed by atoms with Gasteiger partial charge in [-0.2, -0.15) is 0 Å². The molecular weight excluding hydrogens is 198 g/mol. The first-order valence-corrected chi connectivity index (χ1v) is 5.46. The highest BCUT2D eigenvalue weighted by atomic mass is 16.5. The van der Waals surface area contributed by atoms with Crippen molar-refractivity contribution in [3.05, 3.63) is 36.0 Å². The van der Waals surface area contributed by atoms with Crippen LogP contribution in [0, 0.1) is 0 Å². The number of aromatic nitrogens is 1. The minimum absolute atomic E-state index is 0.0961. The van der Waals surface area contributed by atoms with E-state index in [0.717, 1.165) is 5.39 Å². The fourth-order valence-corrected chi connectivity index (χ4v) is 1.93. The second-order valence-corrected chi connectivity index (χ2v) is 4.98. The Morgan fingerprint density at radius 2 is 1.69 bits per heavy atom. The van der Waals surface area contributed by atoms with E-state index in [9.17, 15) is 0 Å². The number of hydrogen-bond acceptors (Lipinski definition) is 2. The first-order chi connectivity index (χ1) is 7.54. The molecule has 0 amide bonds. The average molecular weight is 215 g/mol. The van der Waals surface area contributed by atoms with Crippen molar-refractivity contribution in [1.82, 2.24) is 4.98 Å². The van der Waals surface area contributed by atoms with Gasteiger partial charge in [0.2, 0.25) is 5.88 Å². The van der Waals surface area contributed by atoms with Crippen molar-refractivity contribution in [2.45, 2.75) is 26.2 Å². The van der Waals surface area contributed by atoms with Crippen LogP contribution in [0.3, 0.4) is 0 Å². The van der Waals surface area contributed by atoms with Gasteiger partial charge >= 0.3 is 0 Å². The lowest BCUT2D eigenvalue weighted by molar-refractivity contribution is 0.402. The molecule has 1 aromatic carbocycles. The van der Waals surface area contributed by atoms with Crippen LogP contribution in [0.15, 0.2) is 30.5 Å². The minimum atomic E-state index is 0.0961. The van der Waals surface area contributed by atoms with E-state index in [-0.39, 0.29) is 5.41 Å². The number of rotatable bonds is 1. The summed E-state index contributed by atoms with van der Waals surface area (Å²) in [4.78, 5) is 4.37. The van der Waals surface area contributed by atoms with Crippen LogP contribution in [0.4, 0.5) is 0 Å². The summed E-state index contributed by atoms with van der Waals surface area (Å²) in [6, 6.07) is 8.24. The van der Waals surface area contributed by atoms with Gasteiger partial charge in [-0.15, -0.1) is 0 Å². The summed E-state index contributed by atoms with van der Waals surface area (Å²) in [5.74, 6) is 0.698. The fraction of sp³-hybridized carbons (Fsp3) is 0.357.